The van der Waals surface area contributed by atoms with E-state index in [9.17, 15) is 4.79 Å². The number of aromatic nitrogens is 1. The molecule has 2 aromatic carbocycles. The van der Waals surface area contributed by atoms with Gasteiger partial charge in [-0.3, -0.25) is 4.79 Å². The average molecular weight is 403 g/mol. The van der Waals surface area contributed by atoms with E-state index in [-0.39, 0.29) is 0 Å². The van der Waals surface area contributed by atoms with Crippen molar-refractivity contribution in [1.82, 2.24) is 4.57 Å². The number of hydrogen-bond donors (Lipinski definition) is 0. The lowest BCUT2D eigenvalue weighted by Crippen LogP contribution is -2.14. The van der Waals surface area contributed by atoms with E-state index in [1.54, 1.807) is 25.3 Å². The van der Waals surface area contributed by atoms with Crippen molar-refractivity contribution in [3.05, 3.63) is 62.7 Å². The Kier molecular flexibility index (Phi) is 5.68. The van der Waals surface area contributed by atoms with Crippen molar-refractivity contribution in [2.45, 2.75) is 6.92 Å². The van der Waals surface area contributed by atoms with Gasteiger partial charge in [0.25, 0.3) is 5.91 Å². The summed E-state index contributed by atoms with van der Waals surface area (Å²) in [5.74, 6) is 0.842. The number of thiazole rings is 1. The summed E-state index contributed by atoms with van der Waals surface area (Å²) >= 11 is 7.48. The van der Waals surface area contributed by atoms with Crippen molar-refractivity contribution in [2.75, 3.05) is 14.2 Å². The zero-order chi connectivity index (χ0) is 19.6. The monoisotopic (exact) mass is 402 g/mol. The number of nitrogens with zero attached hydrogens (tertiary/aromatic N) is 2. The normalized spacial score (nSPS) is 11.5. The van der Waals surface area contributed by atoms with E-state index >= 15 is 0 Å². The first-order valence-electron chi connectivity index (χ1n) is 8.18. The Morgan fingerprint density at radius 1 is 1.11 bits per heavy atom. The molecule has 7 heteroatoms. The molecule has 0 saturated carbocycles. The molecule has 0 bridgehead atoms. The Balaban J connectivity index is 2.05. The molecule has 0 unspecified atom stereocenters. The molecule has 0 spiro atoms. The highest BCUT2D eigenvalue weighted by molar-refractivity contribution is 7.09. The third-order valence-corrected chi connectivity index (χ3v) is 5.44. The van der Waals surface area contributed by atoms with Gasteiger partial charge in [-0.05, 0) is 55.0 Å². The van der Waals surface area contributed by atoms with Crippen LogP contribution < -0.4 is 14.3 Å². The Bertz CT molecular complexity index is 1050. The number of carbonyl (C=O) groups is 1. The molecule has 3 aromatic rings. The molecular weight excluding hydrogens is 384 g/mol. The van der Waals surface area contributed by atoms with Crippen LogP contribution in [0.1, 0.15) is 15.2 Å². The van der Waals surface area contributed by atoms with E-state index < -0.39 is 5.91 Å². The molecule has 1 amide bonds. The van der Waals surface area contributed by atoms with E-state index in [0.29, 0.717) is 21.1 Å². The van der Waals surface area contributed by atoms with Gasteiger partial charge in [0.15, 0.2) is 4.80 Å². The topological polar surface area (TPSA) is 52.8 Å². The maximum Gasteiger partial charge on any atom is 0.283 e. The molecule has 0 saturated heterocycles. The van der Waals surface area contributed by atoms with E-state index in [0.717, 1.165) is 21.9 Å². The van der Waals surface area contributed by atoms with Gasteiger partial charge in [0.05, 0.1) is 25.5 Å². The summed E-state index contributed by atoms with van der Waals surface area (Å²) in [6, 6.07) is 12.7. The van der Waals surface area contributed by atoms with Crippen molar-refractivity contribution >= 4 is 28.8 Å². The van der Waals surface area contributed by atoms with E-state index in [1.165, 1.54) is 18.4 Å². The summed E-state index contributed by atoms with van der Waals surface area (Å²) < 4.78 is 12.4. The van der Waals surface area contributed by atoms with Crippen molar-refractivity contribution in [3.8, 4) is 22.8 Å². The maximum atomic E-state index is 12.7. The zero-order valence-electron chi connectivity index (χ0n) is 15.4. The Morgan fingerprint density at radius 2 is 1.81 bits per heavy atom. The van der Waals surface area contributed by atoms with Gasteiger partial charge in [0, 0.05) is 16.9 Å². The number of ether oxygens (including phenoxy) is 2. The first kappa shape index (κ1) is 19.2. The second-order valence-electron chi connectivity index (χ2n) is 5.84. The number of aryl methyl sites for hydroxylation is 1. The number of halogens is 1. The van der Waals surface area contributed by atoms with Gasteiger partial charge in [-0.2, -0.15) is 4.99 Å². The van der Waals surface area contributed by atoms with Gasteiger partial charge in [0.2, 0.25) is 0 Å². The second kappa shape index (κ2) is 7.98. The zero-order valence-corrected chi connectivity index (χ0v) is 17.0. The molecule has 0 fully saturated rings. The predicted octanol–water partition coefficient (Wildman–Crippen LogP) is 4.47. The first-order valence-corrected chi connectivity index (χ1v) is 9.37. The van der Waals surface area contributed by atoms with Crippen LogP contribution in [0, 0.1) is 6.92 Å². The first-order chi connectivity index (χ1) is 12.9. The summed E-state index contributed by atoms with van der Waals surface area (Å²) in [4.78, 5) is 18.7. The Hall–Kier alpha value is -2.57. The second-order valence-corrected chi connectivity index (χ2v) is 7.46. The molecular formula is C20H19ClN2O3S. The summed E-state index contributed by atoms with van der Waals surface area (Å²) in [6.45, 7) is 2.01. The number of carbonyl (C=O) groups excluding carboxylic acids is 1. The highest BCUT2D eigenvalue weighted by Gasteiger charge is 2.15. The van der Waals surface area contributed by atoms with Crippen molar-refractivity contribution < 1.29 is 14.3 Å². The largest absolute Gasteiger partial charge is 0.497 e. The molecule has 0 aliphatic heterocycles. The van der Waals surface area contributed by atoms with Crippen LogP contribution in [-0.2, 0) is 7.05 Å². The standard InChI is InChI=1S/C20H19ClN2O3S/c1-12-18(13-5-8-15(25-3)9-6-13)23(2)20(27-12)22-19(24)16-11-14(21)7-10-17(16)26-4/h5-11H,1-4H3. The molecule has 0 aliphatic carbocycles. The minimum absolute atomic E-state index is 0.335. The van der Waals surface area contributed by atoms with Crippen LogP contribution in [-0.4, -0.2) is 24.7 Å². The van der Waals surface area contributed by atoms with Gasteiger partial charge in [0.1, 0.15) is 11.5 Å². The lowest BCUT2D eigenvalue weighted by Gasteiger charge is -2.07. The molecule has 140 valence electrons. The highest BCUT2D eigenvalue weighted by Crippen LogP contribution is 2.27. The number of benzene rings is 2. The molecule has 3 rings (SSSR count). The molecule has 5 nitrogen and oxygen atoms in total. The van der Waals surface area contributed by atoms with Crippen molar-refractivity contribution in [3.63, 3.8) is 0 Å². The van der Waals surface area contributed by atoms with Gasteiger partial charge >= 0.3 is 0 Å². The van der Waals surface area contributed by atoms with Crippen LogP contribution in [0.25, 0.3) is 11.3 Å². The summed E-state index contributed by atoms with van der Waals surface area (Å²) in [6.07, 6.45) is 0. The lowest BCUT2D eigenvalue weighted by atomic mass is 10.1. The van der Waals surface area contributed by atoms with Gasteiger partial charge in [-0.25, -0.2) is 0 Å². The molecule has 0 aliphatic rings. The molecule has 1 aromatic heterocycles. The van der Waals surface area contributed by atoms with Crippen molar-refractivity contribution in [2.24, 2.45) is 12.0 Å². The van der Waals surface area contributed by atoms with Gasteiger partial charge in [-0.15, -0.1) is 11.3 Å². The molecule has 27 heavy (non-hydrogen) atoms. The van der Waals surface area contributed by atoms with E-state index in [4.69, 9.17) is 21.1 Å². The Labute approximate surface area is 166 Å². The molecule has 0 N–H and O–H groups in total. The lowest BCUT2D eigenvalue weighted by molar-refractivity contribution is 0.0995. The van der Waals surface area contributed by atoms with Crippen LogP contribution in [0.2, 0.25) is 5.02 Å². The van der Waals surface area contributed by atoms with Crippen LogP contribution in [0.4, 0.5) is 0 Å². The minimum atomic E-state index is -0.396. The fourth-order valence-electron chi connectivity index (χ4n) is 2.82. The fraction of sp³-hybridized carbons (Fsp3) is 0.200. The number of methoxy groups -OCH3 is 2. The Morgan fingerprint density at radius 3 is 2.44 bits per heavy atom. The summed E-state index contributed by atoms with van der Waals surface area (Å²) in [7, 11) is 5.04. The van der Waals surface area contributed by atoms with Gasteiger partial charge < -0.3 is 14.0 Å². The smallest absolute Gasteiger partial charge is 0.283 e. The predicted molar refractivity (Wildman–Crippen MR) is 108 cm³/mol. The average Bonchev–Trinajstić information content (AvgIpc) is 2.95. The molecule has 0 radical (unpaired) electrons. The third kappa shape index (κ3) is 3.91. The highest BCUT2D eigenvalue weighted by atomic mass is 35.5. The maximum absolute atomic E-state index is 12.7. The number of hydrogen-bond acceptors (Lipinski definition) is 4. The summed E-state index contributed by atoms with van der Waals surface area (Å²) in [5.41, 5.74) is 2.37. The van der Waals surface area contributed by atoms with Crippen LogP contribution >= 0.6 is 22.9 Å². The number of amides is 1. The van der Waals surface area contributed by atoms with Crippen molar-refractivity contribution in [1.29, 1.82) is 0 Å². The SMILES string of the molecule is COc1ccc(-c2c(C)sc(=NC(=O)c3cc(Cl)ccc3OC)n2C)cc1. The third-order valence-electron chi connectivity index (χ3n) is 4.15. The molecule has 0 atom stereocenters. The van der Waals surface area contributed by atoms with Crippen LogP contribution in [0.3, 0.4) is 0 Å². The van der Waals surface area contributed by atoms with Crippen LogP contribution in [0.5, 0.6) is 11.5 Å². The minimum Gasteiger partial charge on any atom is -0.497 e. The fourth-order valence-corrected chi connectivity index (χ4v) is 3.98. The quantitative estimate of drug-likeness (QED) is 0.646. The van der Waals surface area contributed by atoms with E-state index in [1.807, 2.05) is 42.8 Å². The van der Waals surface area contributed by atoms with Crippen LogP contribution in [0.15, 0.2) is 47.5 Å². The van der Waals surface area contributed by atoms with Gasteiger partial charge in [-0.1, -0.05) is 11.6 Å². The van der Waals surface area contributed by atoms with E-state index in [2.05, 4.69) is 4.99 Å². The number of rotatable bonds is 4. The molecule has 1 heterocycles. The summed E-state index contributed by atoms with van der Waals surface area (Å²) in [5, 5.41) is 0.458.